The number of amides is 1. The Morgan fingerprint density at radius 2 is 1.81 bits per heavy atom. The van der Waals surface area contributed by atoms with E-state index in [-0.39, 0.29) is 12.0 Å². The van der Waals surface area contributed by atoms with Crippen LogP contribution in [0.1, 0.15) is 44.9 Å². The van der Waals surface area contributed by atoms with Crippen LogP contribution in [-0.2, 0) is 9.59 Å². The second-order valence-corrected chi connectivity index (χ2v) is 4.96. The second-order valence-electron chi connectivity index (χ2n) is 4.96. The molecule has 4 heteroatoms. The van der Waals surface area contributed by atoms with E-state index in [0.29, 0.717) is 0 Å². The van der Waals surface area contributed by atoms with Gasteiger partial charge in [0.15, 0.2) is 0 Å². The molecule has 2 fully saturated rings. The summed E-state index contributed by atoms with van der Waals surface area (Å²) in [5.74, 6) is -0.664. The molecule has 0 saturated heterocycles. The van der Waals surface area contributed by atoms with E-state index in [4.69, 9.17) is 0 Å². The lowest BCUT2D eigenvalue weighted by Gasteiger charge is -2.33. The minimum Gasteiger partial charge on any atom is -0.480 e. The lowest BCUT2D eigenvalue weighted by Crippen LogP contribution is -2.47. The first-order chi connectivity index (χ1) is 7.74. The molecule has 2 aliphatic carbocycles. The Balaban J connectivity index is 2.07. The first-order valence-corrected chi connectivity index (χ1v) is 6.19. The lowest BCUT2D eigenvalue weighted by atomic mass is 9.83. The first-order valence-electron chi connectivity index (χ1n) is 6.19. The molecule has 2 saturated carbocycles. The minimum absolute atomic E-state index is 0.164. The monoisotopic (exact) mass is 225 g/mol. The number of carbonyl (C=O) groups excluding carboxylic acids is 1. The molecule has 0 bridgehead atoms. The molecule has 2 rings (SSSR count). The van der Waals surface area contributed by atoms with Crippen LogP contribution in [0.25, 0.3) is 0 Å². The van der Waals surface area contributed by atoms with Crippen molar-refractivity contribution in [3.63, 3.8) is 0 Å². The third-order valence-corrected chi connectivity index (χ3v) is 3.76. The summed E-state index contributed by atoms with van der Waals surface area (Å²) in [6.45, 7) is 0. The summed E-state index contributed by atoms with van der Waals surface area (Å²) in [7, 11) is 0. The fourth-order valence-electron chi connectivity index (χ4n) is 2.77. The van der Waals surface area contributed by atoms with E-state index in [1.807, 2.05) is 0 Å². The van der Waals surface area contributed by atoms with Crippen LogP contribution in [0.4, 0.5) is 0 Å². The maximum Gasteiger partial charge on any atom is 0.326 e. The van der Waals surface area contributed by atoms with Gasteiger partial charge in [-0.2, -0.15) is 0 Å². The number of rotatable bonds is 5. The number of nitrogens with zero attached hydrogens (tertiary/aromatic N) is 1. The van der Waals surface area contributed by atoms with Crippen LogP contribution in [-0.4, -0.2) is 34.5 Å². The van der Waals surface area contributed by atoms with Crippen molar-refractivity contribution in [2.24, 2.45) is 5.92 Å². The summed E-state index contributed by atoms with van der Waals surface area (Å²) in [4.78, 5) is 23.9. The molecule has 4 nitrogen and oxygen atoms in total. The Hall–Kier alpha value is -1.06. The van der Waals surface area contributed by atoms with Gasteiger partial charge in [0.1, 0.15) is 6.04 Å². The van der Waals surface area contributed by atoms with Gasteiger partial charge in [-0.3, -0.25) is 4.79 Å². The molecule has 0 spiro atoms. The topological polar surface area (TPSA) is 57.6 Å². The molecule has 0 radical (unpaired) electrons. The predicted octanol–water partition coefficient (Wildman–Crippen LogP) is 1.64. The van der Waals surface area contributed by atoms with Gasteiger partial charge in [-0.25, -0.2) is 4.79 Å². The fourth-order valence-corrected chi connectivity index (χ4v) is 2.77. The van der Waals surface area contributed by atoms with Gasteiger partial charge >= 0.3 is 5.97 Å². The highest BCUT2D eigenvalue weighted by Gasteiger charge is 2.40. The SMILES string of the molecule is O=CN(C1CC1)C(C(=O)O)C1CCCCC1. The van der Waals surface area contributed by atoms with Crippen molar-refractivity contribution in [1.82, 2.24) is 4.90 Å². The van der Waals surface area contributed by atoms with Gasteiger partial charge in [-0.1, -0.05) is 19.3 Å². The lowest BCUT2D eigenvalue weighted by molar-refractivity contribution is -0.149. The van der Waals surface area contributed by atoms with Crippen molar-refractivity contribution in [3.8, 4) is 0 Å². The summed E-state index contributed by atoms with van der Waals surface area (Å²) in [5.41, 5.74) is 0. The Morgan fingerprint density at radius 3 is 2.25 bits per heavy atom. The molecule has 0 heterocycles. The maximum atomic E-state index is 11.3. The molecule has 1 unspecified atom stereocenters. The Kier molecular flexibility index (Phi) is 3.46. The summed E-state index contributed by atoms with van der Waals surface area (Å²) in [5, 5.41) is 9.30. The van der Waals surface area contributed by atoms with Crippen LogP contribution in [0.15, 0.2) is 0 Å². The van der Waals surface area contributed by atoms with E-state index in [0.717, 1.165) is 44.9 Å². The number of aliphatic carboxylic acids is 1. The van der Waals surface area contributed by atoms with Crippen LogP contribution in [0.5, 0.6) is 0 Å². The number of carbonyl (C=O) groups is 2. The van der Waals surface area contributed by atoms with Gasteiger partial charge in [-0.15, -0.1) is 0 Å². The molecule has 0 aliphatic heterocycles. The zero-order chi connectivity index (χ0) is 11.5. The van der Waals surface area contributed by atoms with Gasteiger partial charge < -0.3 is 10.0 Å². The smallest absolute Gasteiger partial charge is 0.326 e. The molecule has 16 heavy (non-hydrogen) atoms. The minimum atomic E-state index is -0.828. The van der Waals surface area contributed by atoms with Crippen LogP contribution in [0.2, 0.25) is 0 Å². The van der Waals surface area contributed by atoms with Gasteiger partial charge in [0, 0.05) is 6.04 Å². The van der Waals surface area contributed by atoms with E-state index in [1.165, 1.54) is 6.42 Å². The molecule has 0 aromatic heterocycles. The molecule has 1 atom stereocenters. The highest BCUT2D eigenvalue weighted by atomic mass is 16.4. The van der Waals surface area contributed by atoms with Gasteiger partial charge in [0.25, 0.3) is 0 Å². The molecule has 90 valence electrons. The van der Waals surface area contributed by atoms with Crippen molar-refractivity contribution < 1.29 is 14.7 Å². The zero-order valence-corrected chi connectivity index (χ0v) is 9.47. The fraction of sp³-hybridized carbons (Fsp3) is 0.833. The molecule has 1 N–H and O–H groups in total. The van der Waals surface area contributed by atoms with Crippen LogP contribution < -0.4 is 0 Å². The van der Waals surface area contributed by atoms with Gasteiger partial charge in [0.05, 0.1) is 0 Å². The molecule has 0 aromatic rings. The van der Waals surface area contributed by atoms with Gasteiger partial charge in [-0.05, 0) is 31.6 Å². The average molecular weight is 225 g/mol. The van der Waals surface area contributed by atoms with E-state index in [2.05, 4.69) is 0 Å². The first kappa shape index (κ1) is 11.4. The van der Waals surface area contributed by atoms with Crippen LogP contribution in [0, 0.1) is 5.92 Å². The standard InChI is InChI=1S/C12H19NO3/c14-8-13(10-6-7-10)11(12(15)16)9-4-2-1-3-5-9/h8-11H,1-7H2,(H,15,16). The quantitative estimate of drug-likeness (QED) is 0.724. The van der Waals surface area contributed by atoms with E-state index in [1.54, 1.807) is 4.90 Å². The highest BCUT2D eigenvalue weighted by molar-refractivity contribution is 5.77. The summed E-state index contributed by atoms with van der Waals surface area (Å²) >= 11 is 0. The molecule has 1 amide bonds. The predicted molar refractivity (Wildman–Crippen MR) is 58.9 cm³/mol. The Bertz CT molecular complexity index is 269. The third kappa shape index (κ3) is 2.36. The summed E-state index contributed by atoms with van der Waals surface area (Å²) in [6.07, 6.45) is 7.99. The van der Waals surface area contributed by atoms with E-state index in [9.17, 15) is 14.7 Å². The molecule has 2 aliphatic rings. The Morgan fingerprint density at radius 1 is 1.19 bits per heavy atom. The highest BCUT2D eigenvalue weighted by Crippen LogP contribution is 2.34. The number of carboxylic acids is 1. The van der Waals surface area contributed by atoms with E-state index >= 15 is 0 Å². The number of carboxylic acid groups (broad SMARTS) is 1. The number of hydrogen-bond acceptors (Lipinski definition) is 2. The van der Waals surface area contributed by atoms with Crippen molar-refractivity contribution in [3.05, 3.63) is 0 Å². The summed E-state index contributed by atoms with van der Waals surface area (Å²) in [6, 6.07) is -0.383. The number of hydrogen-bond donors (Lipinski definition) is 1. The van der Waals surface area contributed by atoms with Crippen LogP contribution >= 0.6 is 0 Å². The molecular weight excluding hydrogens is 206 g/mol. The van der Waals surface area contributed by atoms with Crippen molar-refractivity contribution in [1.29, 1.82) is 0 Å². The van der Waals surface area contributed by atoms with E-state index < -0.39 is 12.0 Å². The maximum absolute atomic E-state index is 11.3. The second kappa shape index (κ2) is 4.85. The van der Waals surface area contributed by atoms with Crippen LogP contribution in [0.3, 0.4) is 0 Å². The third-order valence-electron chi connectivity index (χ3n) is 3.76. The van der Waals surface area contributed by atoms with Crippen molar-refractivity contribution in [2.75, 3.05) is 0 Å². The molecule has 0 aromatic carbocycles. The van der Waals surface area contributed by atoms with Crippen molar-refractivity contribution in [2.45, 2.75) is 57.0 Å². The Labute approximate surface area is 95.6 Å². The zero-order valence-electron chi connectivity index (χ0n) is 9.47. The average Bonchev–Trinajstić information content (AvgIpc) is 3.10. The normalized spacial score (nSPS) is 23.8. The van der Waals surface area contributed by atoms with Gasteiger partial charge in [0.2, 0.25) is 6.41 Å². The van der Waals surface area contributed by atoms with Crippen molar-refractivity contribution >= 4 is 12.4 Å². The summed E-state index contributed by atoms with van der Waals surface area (Å²) < 4.78 is 0. The molecular formula is C12H19NO3. The largest absolute Gasteiger partial charge is 0.480 e.